The molecular formula is C16H19N3O2. The monoisotopic (exact) mass is 285 g/mol. The molecule has 1 aromatic carbocycles. The molecular weight excluding hydrogens is 266 g/mol. The summed E-state index contributed by atoms with van der Waals surface area (Å²) in [7, 11) is 0. The van der Waals surface area contributed by atoms with Gasteiger partial charge in [0.25, 0.3) is 0 Å². The Hall–Kier alpha value is -2.30. The van der Waals surface area contributed by atoms with Crippen molar-refractivity contribution in [1.82, 2.24) is 9.97 Å². The van der Waals surface area contributed by atoms with E-state index in [9.17, 15) is 0 Å². The van der Waals surface area contributed by atoms with E-state index in [-0.39, 0.29) is 6.04 Å². The van der Waals surface area contributed by atoms with Gasteiger partial charge in [0.05, 0.1) is 19.3 Å². The van der Waals surface area contributed by atoms with Gasteiger partial charge in [-0.15, -0.1) is 0 Å². The zero-order valence-corrected chi connectivity index (χ0v) is 12.1. The highest BCUT2D eigenvalue weighted by Gasteiger charge is 2.21. The largest absolute Gasteiger partial charge is 0.493 e. The van der Waals surface area contributed by atoms with Crippen molar-refractivity contribution in [2.24, 2.45) is 0 Å². The fraction of sp³-hybridized carbons (Fsp3) is 0.375. The van der Waals surface area contributed by atoms with E-state index in [0.717, 1.165) is 24.2 Å². The maximum atomic E-state index is 5.66. The Morgan fingerprint density at radius 2 is 2.24 bits per heavy atom. The highest BCUT2D eigenvalue weighted by Crippen LogP contribution is 2.33. The number of ether oxygens (including phenoxy) is 2. The van der Waals surface area contributed by atoms with Gasteiger partial charge in [0.15, 0.2) is 0 Å². The number of rotatable bonds is 5. The summed E-state index contributed by atoms with van der Waals surface area (Å²) in [6, 6.07) is 10.0. The fourth-order valence-electron chi connectivity index (χ4n) is 2.35. The van der Waals surface area contributed by atoms with Gasteiger partial charge in [0, 0.05) is 24.2 Å². The molecule has 1 aliphatic heterocycles. The van der Waals surface area contributed by atoms with Crippen LogP contribution in [-0.4, -0.2) is 23.2 Å². The number of hydrogen-bond acceptors (Lipinski definition) is 5. The van der Waals surface area contributed by atoms with Crippen molar-refractivity contribution in [1.29, 1.82) is 0 Å². The smallest absolute Gasteiger partial charge is 0.226 e. The number of nitrogens with zero attached hydrogens (tertiary/aromatic N) is 2. The fourth-order valence-corrected chi connectivity index (χ4v) is 2.35. The van der Waals surface area contributed by atoms with Crippen LogP contribution in [0.4, 0.5) is 5.95 Å². The number of fused-ring (bicyclic) bond motifs is 1. The predicted octanol–water partition coefficient (Wildman–Crippen LogP) is 3.20. The highest BCUT2D eigenvalue weighted by molar-refractivity contribution is 5.42. The van der Waals surface area contributed by atoms with E-state index >= 15 is 0 Å². The van der Waals surface area contributed by atoms with Gasteiger partial charge < -0.3 is 14.8 Å². The van der Waals surface area contributed by atoms with E-state index in [4.69, 9.17) is 9.47 Å². The van der Waals surface area contributed by atoms with Gasteiger partial charge in [0.1, 0.15) is 5.75 Å². The van der Waals surface area contributed by atoms with E-state index in [1.807, 2.05) is 18.2 Å². The summed E-state index contributed by atoms with van der Waals surface area (Å²) in [4.78, 5) is 8.66. The van der Waals surface area contributed by atoms with Crippen LogP contribution in [0.3, 0.4) is 0 Å². The van der Waals surface area contributed by atoms with Gasteiger partial charge in [0.2, 0.25) is 11.8 Å². The Balaban J connectivity index is 1.75. The lowest BCUT2D eigenvalue weighted by Gasteiger charge is -2.26. The van der Waals surface area contributed by atoms with Crippen LogP contribution in [0.15, 0.2) is 36.5 Å². The van der Waals surface area contributed by atoms with E-state index in [1.165, 1.54) is 0 Å². The van der Waals surface area contributed by atoms with Gasteiger partial charge in [-0.3, -0.25) is 0 Å². The summed E-state index contributed by atoms with van der Waals surface area (Å²) in [5, 5.41) is 3.37. The molecule has 2 heterocycles. The molecule has 0 saturated carbocycles. The Bertz CT molecular complexity index is 604. The minimum atomic E-state index is 0.163. The number of hydrogen-bond donors (Lipinski definition) is 1. The third kappa shape index (κ3) is 3.24. The molecule has 5 nitrogen and oxygen atoms in total. The zero-order chi connectivity index (χ0) is 14.5. The Kier molecular flexibility index (Phi) is 4.19. The third-order valence-corrected chi connectivity index (χ3v) is 3.35. The minimum absolute atomic E-state index is 0.163. The average Bonchev–Trinajstić information content (AvgIpc) is 2.54. The number of aromatic nitrogens is 2. The lowest BCUT2D eigenvalue weighted by atomic mass is 10.0. The van der Waals surface area contributed by atoms with Gasteiger partial charge in [-0.05, 0) is 12.5 Å². The summed E-state index contributed by atoms with van der Waals surface area (Å²) < 4.78 is 11.2. The molecule has 1 aliphatic rings. The quantitative estimate of drug-likeness (QED) is 0.914. The maximum absolute atomic E-state index is 5.66. The predicted molar refractivity (Wildman–Crippen MR) is 80.7 cm³/mol. The lowest BCUT2D eigenvalue weighted by Crippen LogP contribution is -2.21. The van der Waals surface area contributed by atoms with Crippen LogP contribution < -0.4 is 14.8 Å². The number of para-hydroxylation sites is 1. The third-order valence-electron chi connectivity index (χ3n) is 3.35. The average molecular weight is 285 g/mol. The van der Waals surface area contributed by atoms with Gasteiger partial charge >= 0.3 is 0 Å². The maximum Gasteiger partial charge on any atom is 0.226 e. The molecule has 0 aliphatic carbocycles. The van der Waals surface area contributed by atoms with E-state index in [1.54, 1.807) is 12.3 Å². The summed E-state index contributed by atoms with van der Waals surface area (Å²) in [6.07, 6.45) is 3.56. The first-order chi connectivity index (χ1) is 10.4. The topological polar surface area (TPSA) is 56.3 Å². The van der Waals surface area contributed by atoms with Crippen molar-refractivity contribution >= 4 is 5.95 Å². The van der Waals surface area contributed by atoms with Crippen LogP contribution in [-0.2, 0) is 0 Å². The van der Waals surface area contributed by atoms with Crippen LogP contribution in [0.25, 0.3) is 0 Å². The Morgan fingerprint density at radius 1 is 1.33 bits per heavy atom. The van der Waals surface area contributed by atoms with Crippen LogP contribution >= 0.6 is 0 Å². The van der Waals surface area contributed by atoms with Crippen molar-refractivity contribution in [2.75, 3.05) is 18.5 Å². The Labute approximate surface area is 124 Å². The van der Waals surface area contributed by atoms with Crippen LogP contribution in [0.5, 0.6) is 11.6 Å². The highest BCUT2D eigenvalue weighted by atomic mass is 16.5. The van der Waals surface area contributed by atoms with Crippen molar-refractivity contribution in [2.45, 2.75) is 25.8 Å². The van der Waals surface area contributed by atoms with Crippen molar-refractivity contribution in [3.8, 4) is 11.6 Å². The van der Waals surface area contributed by atoms with Crippen molar-refractivity contribution in [3.05, 3.63) is 42.1 Å². The normalized spacial score (nSPS) is 16.7. The molecule has 1 unspecified atom stereocenters. The van der Waals surface area contributed by atoms with Crippen LogP contribution in [0.1, 0.15) is 31.4 Å². The molecule has 0 radical (unpaired) electrons. The summed E-state index contributed by atoms with van der Waals surface area (Å²) in [6.45, 7) is 3.43. The first kappa shape index (κ1) is 13.7. The summed E-state index contributed by atoms with van der Waals surface area (Å²) >= 11 is 0. The van der Waals surface area contributed by atoms with Crippen molar-refractivity contribution < 1.29 is 9.47 Å². The molecule has 110 valence electrons. The molecule has 0 spiro atoms. The summed E-state index contributed by atoms with van der Waals surface area (Å²) in [5.74, 6) is 2.12. The number of nitrogens with one attached hydrogen (secondary N) is 1. The van der Waals surface area contributed by atoms with Crippen LogP contribution in [0, 0.1) is 0 Å². The first-order valence-electron chi connectivity index (χ1n) is 7.31. The van der Waals surface area contributed by atoms with E-state index < -0.39 is 0 Å². The Morgan fingerprint density at radius 3 is 3.14 bits per heavy atom. The van der Waals surface area contributed by atoms with Gasteiger partial charge in [-0.1, -0.05) is 25.1 Å². The molecule has 0 bridgehead atoms. The second-order valence-electron chi connectivity index (χ2n) is 4.94. The van der Waals surface area contributed by atoms with Gasteiger partial charge in [-0.25, -0.2) is 4.98 Å². The lowest BCUT2D eigenvalue weighted by molar-refractivity contribution is 0.273. The molecule has 0 fully saturated rings. The minimum Gasteiger partial charge on any atom is -0.493 e. The van der Waals surface area contributed by atoms with E-state index in [0.29, 0.717) is 25.0 Å². The molecule has 0 amide bonds. The number of benzene rings is 1. The molecule has 0 saturated heterocycles. The molecule has 5 heteroatoms. The molecule has 3 rings (SSSR count). The molecule has 1 N–H and O–H groups in total. The van der Waals surface area contributed by atoms with E-state index in [2.05, 4.69) is 28.3 Å². The second-order valence-corrected chi connectivity index (χ2v) is 4.94. The SMILES string of the molecule is CCCOc1ccnc(NC2CCOc3ccccc32)n1. The first-order valence-corrected chi connectivity index (χ1v) is 7.31. The van der Waals surface area contributed by atoms with Crippen molar-refractivity contribution in [3.63, 3.8) is 0 Å². The molecule has 1 atom stereocenters. The van der Waals surface area contributed by atoms with Crippen LogP contribution in [0.2, 0.25) is 0 Å². The standard InChI is InChI=1S/C16H19N3O2/c1-2-10-21-15-7-9-17-16(19-15)18-13-8-11-20-14-6-4-3-5-12(13)14/h3-7,9,13H,2,8,10-11H2,1H3,(H,17,18,19). The summed E-state index contributed by atoms with van der Waals surface area (Å²) in [5.41, 5.74) is 1.15. The molecule has 2 aromatic rings. The zero-order valence-electron chi connectivity index (χ0n) is 12.1. The number of anilines is 1. The molecule has 1 aromatic heterocycles. The second kappa shape index (κ2) is 6.43. The van der Waals surface area contributed by atoms with Gasteiger partial charge in [-0.2, -0.15) is 4.98 Å². The molecule has 21 heavy (non-hydrogen) atoms.